The first-order chi connectivity index (χ1) is 13.4. The van der Waals surface area contributed by atoms with Gasteiger partial charge >= 0.3 is 5.97 Å². The number of hydrogen-bond acceptors (Lipinski definition) is 6. The van der Waals surface area contributed by atoms with E-state index < -0.39 is 18.0 Å². The zero-order valence-corrected chi connectivity index (χ0v) is 16.9. The highest BCUT2D eigenvalue weighted by atomic mass is 32.2. The Balaban J connectivity index is 1.43. The van der Waals surface area contributed by atoms with E-state index in [1.165, 1.54) is 11.1 Å². The van der Waals surface area contributed by atoms with E-state index in [0.29, 0.717) is 22.9 Å². The van der Waals surface area contributed by atoms with Crippen molar-refractivity contribution in [1.29, 1.82) is 0 Å². The fourth-order valence-electron chi connectivity index (χ4n) is 2.58. The van der Waals surface area contributed by atoms with E-state index in [1.807, 2.05) is 6.07 Å². The van der Waals surface area contributed by atoms with E-state index in [-0.39, 0.29) is 13.2 Å². The van der Waals surface area contributed by atoms with Gasteiger partial charge in [0, 0.05) is 22.4 Å². The number of rotatable bonds is 7. The number of ether oxygens (including phenoxy) is 3. The summed E-state index contributed by atoms with van der Waals surface area (Å²) in [6.07, 6.45) is -0.649. The van der Waals surface area contributed by atoms with Gasteiger partial charge in [-0.1, -0.05) is 6.07 Å². The highest BCUT2D eigenvalue weighted by Crippen LogP contribution is 2.34. The Bertz CT molecular complexity index is 883. The Labute approximate surface area is 168 Å². The third-order valence-corrected chi connectivity index (χ3v) is 5.37. The number of fused-ring (bicyclic) bond motifs is 1. The van der Waals surface area contributed by atoms with Gasteiger partial charge < -0.3 is 19.5 Å². The summed E-state index contributed by atoms with van der Waals surface area (Å²) in [7, 11) is 0. The van der Waals surface area contributed by atoms with Gasteiger partial charge in [-0.25, -0.2) is 0 Å². The summed E-state index contributed by atoms with van der Waals surface area (Å²) < 4.78 is 15.8. The van der Waals surface area contributed by atoms with Crippen LogP contribution in [0.3, 0.4) is 0 Å². The maximum Gasteiger partial charge on any atom is 0.307 e. The molecule has 0 aliphatic carbocycles. The van der Waals surface area contributed by atoms with Crippen LogP contribution in [0.1, 0.15) is 24.5 Å². The number of nitrogens with one attached hydrogen (secondary N) is 1. The molecule has 0 fully saturated rings. The molecule has 7 heteroatoms. The molecule has 1 aliphatic rings. The predicted molar refractivity (Wildman–Crippen MR) is 108 cm³/mol. The summed E-state index contributed by atoms with van der Waals surface area (Å²) in [6, 6.07) is 11.3. The number of benzene rings is 2. The minimum absolute atomic E-state index is 0.168. The SMILES string of the molecule is Cc1ccc(SCCC(=O)O[C@H](C)C(=O)Nc2ccc3c(c2)OCO3)cc1C. The van der Waals surface area contributed by atoms with Crippen LogP contribution in [-0.2, 0) is 14.3 Å². The van der Waals surface area contributed by atoms with Crippen LogP contribution in [0.5, 0.6) is 11.5 Å². The van der Waals surface area contributed by atoms with Crippen molar-refractivity contribution in [2.45, 2.75) is 38.2 Å². The quantitative estimate of drug-likeness (QED) is 0.557. The van der Waals surface area contributed by atoms with Crippen molar-refractivity contribution in [2.24, 2.45) is 0 Å². The molecular formula is C21H23NO5S. The molecule has 1 N–H and O–H groups in total. The van der Waals surface area contributed by atoms with Crippen LogP contribution in [-0.4, -0.2) is 30.5 Å². The third kappa shape index (κ3) is 5.19. The summed E-state index contributed by atoms with van der Waals surface area (Å²) in [4.78, 5) is 25.4. The highest BCUT2D eigenvalue weighted by molar-refractivity contribution is 7.99. The molecule has 2 aromatic rings. The zero-order chi connectivity index (χ0) is 20.1. The number of aryl methyl sites for hydroxylation is 2. The minimum Gasteiger partial charge on any atom is -0.454 e. The topological polar surface area (TPSA) is 73.9 Å². The summed E-state index contributed by atoms with van der Waals surface area (Å²) in [5.41, 5.74) is 3.02. The average Bonchev–Trinajstić information content (AvgIpc) is 3.12. The molecule has 0 saturated carbocycles. The molecule has 0 saturated heterocycles. The molecular weight excluding hydrogens is 378 g/mol. The van der Waals surface area contributed by atoms with Gasteiger partial charge in [-0.15, -0.1) is 11.8 Å². The molecule has 0 bridgehead atoms. The Morgan fingerprint density at radius 2 is 1.89 bits per heavy atom. The van der Waals surface area contributed by atoms with Gasteiger partial charge in [-0.3, -0.25) is 9.59 Å². The van der Waals surface area contributed by atoms with E-state index in [1.54, 1.807) is 36.9 Å². The van der Waals surface area contributed by atoms with Crippen molar-refractivity contribution < 1.29 is 23.8 Å². The van der Waals surface area contributed by atoms with E-state index in [2.05, 4.69) is 31.3 Å². The van der Waals surface area contributed by atoms with Crippen LogP contribution < -0.4 is 14.8 Å². The molecule has 2 aromatic carbocycles. The van der Waals surface area contributed by atoms with Gasteiger partial charge in [0.25, 0.3) is 5.91 Å². The van der Waals surface area contributed by atoms with Gasteiger partial charge in [0.05, 0.1) is 6.42 Å². The number of carbonyl (C=O) groups is 2. The van der Waals surface area contributed by atoms with Crippen molar-refractivity contribution in [1.82, 2.24) is 0 Å². The number of anilines is 1. The van der Waals surface area contributed by atoms with E-state index in [9.17, 15) is 9.59 Å². The number of hydrogen-bond donors (Lipinski definition) is 1. The summed E-state index contributed by atoms with van der Waals surface area (Å²) in [6.45, 7) is 5.85. The lowest BCUT2D eigenvalue weighted by Crippen LogP contribution is -2.30. The summed E-state index contributed by atoms with van der Waals surface area (Å²) in [5, 5.41) is 2.71. The number of esters is 1. The lowest BCUT2D eigenvalue weighted by atomic mass is 10.1. The Morgan fingerprint density at radius 3 is 2.68 bits per heavy atom. The third-order valence-electron chi connectivity index (χ3n) is 4.37. The number of amides is 1. The van der Waals surface area contributed by atoms with Crippen LogP contribution in [0.4, 0.5) is 5.69 Å². The molecule has 148 valence electrons. The first kappa shape index (κ1) is 20.1. The molecule has 1 aliphatic heterocycles. The second-order valence-corrected chi connectivity index (χ2v) is 7.70. The van der Waals surface area contributed by atoms with E-state index in [0.717, 1.165) is 4.90 Å². The second kappa shape index (κ2) is 9.01. The normalized spacial score (nSPS) is 13.1. The van der Waals surface area contributed by atoms with Crippen molar-refractivity contribution >= 4 is 29.3 Å². The first-order valence-electron chi connectivity index (χ1n) is 9.02. The summed E-state index contributed by atoms with van der Waals surface area (Å²) in [5.74, 6) is 1.01. The van der Waals surface area contributed by atoms with E-state index in [4.69, 9.17) is 14.2 Å². The van der Waals surface area contributed by atoms with Crippen LogP contribution in [0.25, 0.3) is 0 Å². The summed E-state index contributed by atoms with van der Waals surface area (Å²) >= 11 is 1.59. The highest BCUT2D eigenvalue weighted by Gasteiger charge is 2.19. The zero-order valence-electron chi connectivity index (χ0n) is 16.1. The molecule has 6 nitrogen and oxygen atoms in total. The van der Waals surface area contributed by atoms with Crippen molar-refractivity contribution in [2.75, 3.05) is 17.9 Å². The van der Waals surface area contributed by atoms with Crippen LogP contribution in [0, 0.1) is 13.8 Å². The monoisotopic (exact) mass is 401 g/mol. The largest absolute Gasteiger partial charge is 0.454 e. The predicted octanol–water partition coefficient (Wildman–Crippen LogP) is 4.08. The lowest BCUT2D eigenvalue weighted by Gasteiger charge is -2.14. The molecule has 1 atom stereocenters. The van der Waals surface area contributed by atoms with Gasteiger partial charge in [0.15, 0.2) is 17.6 Å². The number of carbonyl (C=O) groups excluding carboxylic acids is 2. The first-order valence-corrected chi connectivity index (χ1v) is 10.0. The van der Waals surface area contributed by atoms with Crippen LogP contribution >= 0.6 is 11.8 Å². The van der Waals surface area contributed by atoms with Crippen LogP contribution in [0.2, 0.25) is 0 Å². The Hall–Kier alpha value is -2.67. The molecule has 0 aromatic heterocycles. The van der Waals surface area contributed by atoms with Gasteiger partial charge in [0.2, 0.25) is 6.79 Å². The molecule has 0 spiro atoms. The number of thioether (sulfide) groups is 1. The standard InChI is InChI=1S/C21H23NO5S/c1-13-4-6-17(10-14(13)2)28-9-8-20(23)27-15(3)21(24)22-16-5-7-18-19(11-16)26-12-25-18/h4-7,10-11,15H,8-9,12H2,1-3H3,(H,22,24)/t15-/m1/s1. The van der Waals surface area contributed by atoms with Crippen molar-refractivity contribution in [3.63, 3.8) is 0 Å². The molecule has 1 amide bonds. The molecule has 1 heterocycles. The molecule has 0 radical (unpaired) electrons. The van der Waals surface area contributed by atoms with Gasteiger partial charge in [-0.05, 0) is 56.2 Å². The Morgan fingerprint density at radius 1 is 1.11 bits per heavy atom. The smallest absolute Gasteiger partial charge is 0.307 e. The minimum atomic E-state index is -0.885. The Kier molecular flexibility index (Phi) is 6.46. The van der Waals surface area contributed by atoms with E-state index >= 15 is 0 Å². The fraction of sp³-hybridized carbons (Fsp3) is 0.333. The van der Waals surface area contributed by atoms with Crippen molar-refractivity contribution in [3.05, 3.63) is 47.5 Å². The molecule has 28 heavy (non-hydrogen) atoms. The lowest BCUT2D eigenvalue weighted by molar-refractivity contribution is -0.152. The maximum atomic E-state index is 12.2. The maximum absolute atomic E-state index is 12.2. The van der Waals surface area contributed by atoms with Gasteiger partial charge in [-0.2, -0.15) is 0 Å². The average molecular weight is 401 g/mol. The second-order valence-electron chi connectivity index (χ2n) is 6.53. The van der Waals surface area contributed by atoms with Crippen LogP contribution in [0.15, 0.2) is 41.3 Å². The van der Waals surface area contributed by atoms with Crippen molar-refractivity contribution in [3.8, 4) is 11.5 Å². The molecule has 0 unspecified atom stereocenters. The van der Waals surface area contributed by atoms with Gasteiger partial charge in [0.1, 0.15) is 0 Å². The fourth-order valence-corrected chi connectivity index (χ4v) is 3.51. The molecule has 3 rings (SSSR count).